The van der Waals surface area contributed by atoms with Crippen molar-refractivity contribution in [1.29, 1.82) is 0 Å². The van der Waals surface area contributed by atoms with E-state index >= 15 is 0 Å². The first kappa shape index (κ1) is 18.7. The summed E-state index contributed by atoms with van der Waals surface area (Å²) in [7, 11) is -0.530. The summed E-state index contributed by atoms with van der Waals surface area (Å²) >= 11 is 6.43. The SMILES string of the molecule is CC1(C)OB(c2ccc(C(=O)NC3CCCNC3)cc2Cl)OC1(C)C. The van der Waals surface area contributed by atoms with Gasteiger partial charge >= 0.3 is 7.12 Å². The van der Waals surface area contributed by atoms with Crippen LogP contribution in [-0.2, 0) is 9.31 Å². The second kappa shape index (κ2) is 6.91. The Balaban J connectivity index is 1.72. The molecule has 2 heterocycles. The van der Waals surface area contributed by atoms with E-state index in [1.54, 1.807) is 12.1 Å². The predicted octanol–water partition coefficient (Wildman–Crippen LogP) is 2.12. The van der Waals surface area contributed by atoms with Gasteiger partial charge in [-0.05, 0) is 59.2 Å². The third-order valence-electron chi connectivity index (χ3n) is 5.40. The van der Waals surface area contributed by atoms with Crippen LogP contribution < -0.4 is 16.1 Å². The van der Waals surface area contributed by atoms with Crippen LogP contribution in [0, 0.1) is 0 Å². The Bertz CT molecular complexity index is 644. The average molecular weight is 365 g/mol. The topological polar surface area (TPSA) is 59.6 Å². The molecule has 7 heteroatoms. The van der Waals surface area contributed by atoms with Crippen LogP contribution in [0.3, 0.4) is 0 Å². The van der Waals surface area contributed by atoms with Gasteiger partial charge in [-0.15, -0.1) is 0 Å². The summed E-state index contributed by atoms with van der Waals surface area (Å²) in [5.41, 5.74) is 0.447. The van der Waals surface area contributed by atoms with Crippen molar-refractivity contribution >= 4 is 30.1 Å². The van der Waals surface area contributed by atoms with E-state index in [1.807, 2.05) is 33.8 Å². The van der Waals surface area contributed by atoms with Crippen molar-refractivity contribution in [2.45, 2.75) is 57.8 Å². The lowest BCUT2D eigenvalue weighted by Gasteiger charge is -2.32. The molecule has 2 fully saturated rings. The van der Waals surface area contributed by atoms with Gasteiger partial charge in [0.1, 0.15) is 0 Å². The van der Waals surface area contributed by atoms with Gasteiger partial charge < -0.3 is 19.9 Å². The lowest BCUT2D eigenvalue weighted by molar-refractivity contribution is 0.00578. The Hall–Kier alpha value is -1.08. The molecule has 0 saturated carbocycles. The highest BCUT2D eigenvalue weighted by atomic mass is 35.5. The number of nitrogens with one attached hydrogen (secondary N) is 2. The van der Waals surface area contributed by atoms with Gasteiger partial charge in [0, 0.05) is 28.6 Å². The first-order valence-corrected chi connectivity index (χ1v) is 9.24. The Morgan fingerprint density at radius 1 is 1.28 bits per heavy atom. The van der Waals surface area contributed by atoms with E-state index in [-0.39, 0.29) is 11.9 Å². The van der Waals surface area contributed by atoms with E-state index in [1.165, 1.54) is 0 Å². The Kier molecular flexibility index (Phi) is 5.17. The van der Waals surface area contributed by atoms with Crippen molar-refractivity contribution in [3.63, 3.8) is 0 Å². The van der Waals surface area contributed by atoms with Crippen molar-refractivity contribution in [2.24, 2.45) is 0 Å². The molecule has 2 saturated heterocycles. The molecule has 0 aliphatic carbocycles. The molecule has 3 rings (SSSR count). The standard InChI is InChI=1S/C18H26BClN2O3/c1-17(2)18(3,4)25-19(24-17)14-8-7-12(10-15(14)20)16(23)22-13-6-5-9-21-11-13/h7-8,10,13,21H,5-6,9,11H2,1-4H3,(H,22,23). The smallest absolute Gasteiger partial charge is 0.399 e. The predicted molar refractivity (Wildman–Crippen MR) is 101 cm³/mol. The van der Waals surface area contributed by atoms with E-state index in [2.05, 4.69) is 10.6 Å². The molecular weight excluding hydrogens is 338 g/mol. The van der Waals surface area contributed by atoms with E-state index in [0.29, 0.717) is 10.6 Å². The van der Waals surface area contributed by atoms with Gasteiger partial charge in [0.2, 0.25) is 0 Å². The third kappa shape index (κ3) is 3.87. The van der Waals surface area contributed by atoms with Gasteiger partial charge in [0.05, 0.1) is 11.2 Å². The Morgan fingerprint density at radius 2 is 1.96 bits per heavy atom. The van der Waals surface area contributed by atoms with Crippen LogP contribution in [0.2, 0.25) is 5.02 Å². The molecule has 1 aromatic rings. The lowest BCUT2D eigenvalue weighted by atomic mass is 9.78. The minimum absolute atomic E-state index is 0.101. The zero-order valence-electron chi connectivity index (χ0n) is 15.3. The molecule has 2 aliphatic heterocycles. The van der Waals surface area contributed by atoms with Crippen LogP contribution in [0.25, 0.3) is 0 Å². The quantitative estimate of drug-likeness (QED) is 0.807. The monoisotopic (exact) mass is 364 g/mol. The molecule has 2 N–H and O–H groups in total. The van der Waals surface area contributed by atoms with E-state index < -0.39 is 18.3 Å². The zero-order valence-corrected chi connectivity index (χ0v) is 16.1. The molecule has 5 nitrogen and oxygen atoms in total. The van der Waals surface area contributed by atoms with Crippen LogP contribution in [0.5, 0.6) is 0 Å². The summed E-state index contributed by atoms with van der Waals surface area (Å²) < 4.78 is 12.1. The number of hydrogen-bond acceptors (Lipinski definition) is 4. The fourth-order valence-electron chi connectivity index (χ4n) is 3.07. The summed E-state index contributed by atoms with van der Waals surface area (Å²) in [5.74, 6) is -0.101. The van der Waals surface area contributed by atoms with E-state index in [4.69, 9.17) is 20.9 Å². The largest absolute Gasteiger partial charge is 0.496 e. The highest BCUT2D eigenvalue weighted by Gasteiger charge is 2.52. The van der Waals surface area contributed by atoms with Crippen molar-refractivity contribution in [2.75, 3.05) is 13.1 Å². The van der Waals surface area contributed by atoms with Crippen molar-refractivity contribution < 1.29 is 14.1 Å². The van der Waals surface area contributed by atoms with Gasteiger partial charge in [0.15, 0.2) is 0 Å². The summed E-state index contributed by atoms with van der Waals surface area (Å²) in [4.78, 5) is 12.4. The third-order valence-corrected chi connectivity index (χ3v) is 5.73. The molecule has 0 spiro atoms. The van der Waals surface area contributed by atoms with E-state index in [9.17, 15) is 4.79 Å². The highest BCUT2D eigenvalue weighted by Crippen LogP contribution is 2.37. The first-order valence-electron chi connectivity index (χ1n) is 8.86. The summed E-state index contributed by atoms with van der Waals surface area (Å²) in [6, 6.07) is 5.45. The second-order valence-corrected chi connectivity index (χ2v) is 8.25. The minimum Gasteiger partial charge on any atom is -0.399 e. The van der Waals surface area contributed by atoms with Crippen LogP contribution in [0.4, 0.5) is 0 Å². The van der Waals surface area contributed by atoms with Crippen molar-refractivity contribution in [3.8, 4) is 0 Å². The van der Waals surface area contributed by atoms with E-state index in [0.717, 1.165) is 31.4 Å². The molecule has 136 valence electrons. The molecule has 1 atom stereocenters. The molecular formula is C18H26BClN2O3. The fraction of sp³-hybridized carbons (Fsp3) is 0.611. The summed E-state index contributed by atoms with van der Waals surface area (Å²) in [5, 5.41) is 6.83. The van der Waals surface area contributed by atoms with Crippen LogP contribution in [-0.4, -0.2) is 43.4 Å². The highest BCUT2D eigenvalue weighted by molar-refractivity contribution is 6.65. The number of carbonyl (C=O) groups excluding carboxylic acids is 1. The summed E-state index contributed by atoms with van der Waals surface area (Å²) in [6.07, 6.45) is 2.07. The average Bonchev–Trinajstić information content (AvgIpc) is 2.76. The Morgan fingerprint density at radius 3 is 2.52 bits per heavy atom. The number of piperidine rings is 1. The number of hydrogen-bond donors (Lipinski definition) is 2. The van der Waals surface area contributed by atoms with Crippen LogP contribution in [0.1, 0.15) is 50.9 Å². The zero-order chi connectivity index (χ0) is 18.2. The second-order valence-electron chi connectivity index (χ2n) is 7.84. The van der Waals surface area contributed by atoms with Crippen LogP contribution in [0.15, 0.2) is 18.2 Å². The maximum atomic E-state index is 12.4. The van der Waals surface area contributed by atoms with Crippen molar-refractivity contribution in [3.05, 3.63) is 28.8 Å². The van der Waals surface area contributed by atoms with Gasteiger partial charge in [-0.2, -0.15) is 0 Å². The number of carbonyl (C=O) groups is 1. The number of halogens is 1. The molecule has 1 unspecified atom stereocenters. The van der Waals surface area contributed by atoms with Gasteiger partial charge in [0.25, 0.3) is 5.91 Å². The normalized spacial score (nSPS) is 25.0. The number of amides is 1. The molecule has 0 aromatic heterocycles. The number of benzene rings is 1. The maximum Gasteiger partial charge on any atom is 0.496 e. The molecule has 2 aliphatic rings. The number of rotatable bonds is 3. The van der Waals surface area contributed by atoms with Gasteiger partial charge in [-0.3, -0.25) is 4.79 Å². The molecule has 1 aromatic carbocycles. The van der Waals surface area contributed by atoms with Crippen LogP contribution >= 0.6 is 11.6 Å². The first-order chi connectivity index (χ1) is 11.7. The van der Waals surface area contributed by atoms with Crippen molar-refractivity contribution in [1.82, 2.24) is 10.6 Å². The molecule has 25 heavy (non-hydrogen) atoms. The maximum absolute atomic E-state index is 12.4. The fourth-order valence-corrected chi connectivity index (χ4v) is 3.34. The minimum atomic E-state index is -0.530. The van der Waals surface area contributed by atoms with Gasteiger partial charge in [-0.1, -0.05) is 17.7 Å². The molecule has 0 radical (unpaired) electrons. The molecule has 0 bridgehead atoms. The Labute approximate surface area is 154 Å². The summed E-state index contributed by atoms with van der Waals surface area (Å²) in [6.45, 7) is 9.83. The molecule has 1 amide bonds. The van der Waals surface area contributed by atoms with Gasteiger partial charge in [-0.25, -0.2) is 0 Å². The lowest BCUT2D eigenvalue weighted by Crippen LogP contribution is -2.45.